The maximum Gasteiger partial charge on any atom is 0.196 e. The minimum absolute atomic E-state index is 0.113. The number of benzene rings is 2. The Kier molecular flexibility index (Phi) is 6.47. The van der Waals surface area contributed by atoms with Gasteiger partial charge in [0.15, 0.2) is 17.3 Å². The molecule has 0 bridgehead atoms. The van der Waals surface area contributed by atoms with Crippen molar-refractivity contribution in [3.8, 4) is 5.75 Å². The normalized spacial score (nSPS) is 11.0. The lowest BCUT2D eigenvalue weighted by molar-refractivity contribution is 0.103. The van der Waals surface area contributed by atoms with E-state index in [-0.39, 0.29) is 23.5 Å². The lowest BCUT2D eigenvalue weighted by Gasteiger charge is -2.08. The fraction of sp³-hybridized carbons (Fsp3) is 0.118. The highest BCUT2D eigenvalue weighted by Crippen LogP contribution is 2.24. The second kappa shape index (κ2) is 8.36. The predicted molar refractivity (Wildman–Crippen MR) is 92.4 cm³/mol. The van der Waals surface area contributed by atoms with Gasteiger partial charge >= 0.3 is 0 Å². The van der Waals surface area contributed by atoms with E-state index < -0.39 is 17.4 Å². The SMILES string of the molecule is O=C(c1ccc(Br)cc1)c1cc(F)c(OCC=CCBr)cc1F. The average molecular weight is 446 g/mol. The van der Waals surface area contributed by atoms with Crippen molar-refractivity contribution in [3.63, 3.8) is 0 Å². The van der Waals surface area contributed by atoms with Crippen LogP contribution in [0.3, 0.4) is 0 Å². The Hall–Kier alpha value is -1.53. The van der Waals surface area contributed by atoms with Crippen molar-refractivity contribution < 1.29 is 18.3 Å². The molecule has 2 aromatic rings. The summed E-state index contributed by atoms with van der Waals surface area (Å²) in [6.45, 7) is 0.113. The van der Waals surface area contributed by atoms with Crippen molar-refractivity contribution in [3.05, 3.63) is 75.8 Å². The van der Waals surface area contributed by atoms with Gasteiger partial charge in [-0.2, -0.15) is 0 Å². The molecule has 0 heterocycles. The van der Waals surface area contributed by atoms with Crippen LogP contribution < -0.4 is 4.74 Å². The maximum absolute atomic E-state index is 14.1. The van der Waals surface area contributed by atoms with Crippen LogP contribution in [0.5, 0.6) is 5.75 Å². The summed E-state index contributed by atoms with van der Waals surface area (Å²) in [7, 11) is 0. The van der Waals surface area contributed by atoms with Gasteiger partial charge in [-0.1, -0.05) is 44.0 Å². The predicted octanol–water partition coefficient (Wildman–Crippen LogP) is 5.29. The summed E-state index contributed by atoms with van der Waals surface area (Å²) < 4.78 is 34.0. The molecule has 0 aliphatic carbocycles. The van der Waals surface area contributed by atoms with Gasteiger partial charge in [0.2, 0.25) is 0 Å². The summed E-state index contributed by atoms with van der Waals surface area (Å²) >= 11 is 6.45. The van der Waals surface area contributed by atoms with E-state index in [4.69, 9.17) is 4.74 Å². The minimum Gasteiger partial charge on any atom is -0.486 e. The molecule has 0 fully saturated rings. The summed E-state index contributed by atoms with van der Waals surface area (Å²) in [5, 5.41) is 0.647. The van der Waals surface area contributed by atoms with Crippen molar-refractivity contribution >= 4 is 37.6 Å². The molecule has 120 valence electrons. The van der Waals surface area contributed by atoms with Gasteiger partial charge in [-0.3, -0.25) is 4.79 Å². The Bertz CT molecular complexity index is 728. The van der Waals surface area contributed by atoms with E-state index in [0.29, 0.717) is 5.33 Å². The topological polar surface area (TPSA) is 26.3 Å². The Labute approximate surface area is 149 Å². The first-order valence-corrected chi connectivity index (χ1v) is 8.57. The number of carbonyl (C=O) groups excluding carboxylic acids is 1. The van der Waals surface area contributed by atoms with Crippen molar-refractivity contribution in [2.75, 3.05) is 11.9 Å². The van der Waals surface area contributed by atoms with Crippen molar-refractivity contribution in [1.29, 1.82) is 0 Å². The van der Waals surface area contributed by atoms with Crippen LogP contribution in [0.4, 0.5) is 8.78 Å². The molecule has 0 radical (unpaired) electrons. The Balaban J connectivity index is 2.23. The molecule has 0 aliphatic rings. The number of halogens is 4. The number of rotatable bonds is 6. The Morgan fingerprint density at radius 3 is 2.43 bits per heavy atom. The fourth-order valence-corrected chi connectivity index (χ4v) is 2.37. The van der Waals surface area contributed by atoms with Gasteiger partial charge in [-0.15, -0.1) is 0 Å². The number of hydrogen-bond acceptors (Lipinski definition) is 2. The molecular weight excluding hydrogens is 434 g/mol. The van der Waals surface area contributed by atoms with Gasteiger partial charge in [-0.25, -0.2) is 8.78 Å². The highest BCUT2D eigenvalue weighted by atomic mass is 79.9. The number of alkyl halides is 1. The van der Waals surface area contributed by atoms with Crippen LogP contribution in [0.2, 0.25) is 0 Å². The number of hydrogen-bond donors (Lipinski definition) is 0. The lowest BCUT2D eigenvalue weighted by Crippen LogP contribution is -2.06. The van der Waals surface area contributed by atoms with Crippen LogP contribution in [-0.2, 0) is 0 Å². The van der Waals surface area contributed by atoms with Gasteiger partial charge < -0.3 is 4.74 Å². The third-order valence-electron chi connectivity index (χ3n) is 2.96. The molecule has 0 aliphatic heterocycles. The molecule has 0 unspecified atom stereocenters. The van der Waals surface area contributed by atoms with E-state index in [1.54, 1.807) is 36.4 Å². The molecule has 2 rings (SSSR count). The molecular formula is C17H12Br2F2O2. The molecule has 0 atom stereocenters. The fourth-order valence-electron chi connectivity index (χ4n) is 1.84. The molecule has 0 N–H and O–H groups in total. The van der Waals surface area contributed by atoms with Crippen LogP contribution in [-0.4, -0.2) is 17.7 Å². The largest absolute Gasteiger partial charge is 0.486 e. The minimum atomic E-state index is -0.821. The highest BCUT2D eigenvalue weighted by molar-refractivity contribution is 9.10. The summed E-state index contributed by atoms with van der Waals surface area (Å²) in [5.41, 5.74) is -0.0476. The molecule has 0 spiro atoms. The molecule has 0 saturated carbocycles. The highest BCUT2D eigenvalue weighted by Gasteiger charge is 2.18. The van der Waals surface area contributed by atoms with Gasteiger partial charge in [0.25, 0.3) is 0 Å². The second-order valence-electron chi connectivity index (χ2n) is 4.54. The van der Waals surface area contributed by atoms with Crippen LogP contribution in [0.25, 0.3) is 0 Å². The van der Waals surface area contributed by atoms with E-state index in [9.17, 15) is 13.6 Å². The first kappa shape index (κ1) is 17.8. The van der Waals surface area contributed by atoms with Crippen LogP contribution >= 0.6 is 31.9 Å². The standard InChI is InChI=1S/C17H12Br2F2O2/c18-7-1-2-8-23-16-10-14(20)13(9-15(16)21)17(22)11-3-5-12(19)6-4-11/h1-6,9-10H,7-8H2. The van der Waals surface area contributed by atoms with Crippen LogP contribution in [0, 0.1) is 11.6 Å². The monoisotopic (exact) mass is 444 g/mol. The summed E-state index contributed by atoms with van der Waals surface area (Å²) in [6, 6.07) is 8.16. The average Bonchev–Trinajstić information content (AvgIpc) is 2.54. The molecule has 2 nitrogen and oxygen atoms in total. The molecule has 6 heteroatoms. The van der Waals surface area contributed by atoms with Gasteiger partial charge in [0.1, 0.15) is 12.4 Å². The molecule has 23 heavy (non-hydrogen) atoms. The first-order valence-electron chi connectivity index (χ1n) is 6.66. The van der Waals surface area contributed by atoms with Crippen molar-refractivity contribution in [2.45, 2.75) is 0 Å². The number of ether oxygens (including phenoxy) is 1. The van der Waals surface area contributed by atoms with Gasteiger partial charge in [0, 0.05) is 21.4 Å². The summed E-state index contributed by atoms with van der Waals surface area (Å²) in [5.74, 6) is -2.41. The van der Waals surface area contributed by atoms with E-state index in [1.807, 2.05) is 0 Å². The quantitative estimate of drug-likeness (QED) is 0.343. The molecule has 0 amide bonds. The first-order chi connectivity index (χ1) is 11.0. The summed E-state index contributed by atoms with van der Waals surface area (Å²) in [6.07, 6.45) is 3.45. The molecule has 0 aromatic heterocycles. The third kappa shape index (κ3) is 4.72. The van der Waals surface area contributed by atoms with Crippen molar-refractivity contribution in [2.24, 2.45) is 0 Å². The number of allylic oxidation sites excluding steroid dienone is 1. The van der Waals surface area contributed by atoms with E-state index >= 15 is 0 Å². The van der Waals surface area contributed by atoms with Gasteiger partial charge in [-0.05, 0) is 30.3 Å². The maximum atomic E-state index is 14.1. The van der Waals surface area contributed by atoms with Crippen LogP contribution in [0.15, 0.2) is 53.0 Å². The molecule has 2 aromatic carbocycles. The second-order valence-corrected chi connectivity index (χ2v) is 6.10. The van der Waals surface area contributed by atoms with Gasteiger partial charge in [0.05, 0.1) is 5.56 Å². The lowest BCUT2D eigenvalue weighted by atomic mass is 10.0. The summed E-state index contributed by atoms with van der Waals surface area (Å²) in [4.78, 5) is 12.3. The van der Waals surface area contributed by atoms with E-state index in [2.05, 4.69) is 31.9 Å². The van der Waals surface area contributed by atoms with Crippen molar-refractivity contribution in [1.82, 2.24) is 0 Å². The Morgan fingerprint density at radius 2 is 1.78 bits per heavy atom. The number of carbonyl (C=O) groups is 1. The van der Waals surface area contributed by atoms with Crippen LogP contribution in [0.1, 0.15) is 15.9 Å². The number of ketones is 1. The Morgan fingerprint density at radius 1 is 1.09 bits per heavy atom. The zero-order valence-corrected chi connectivity index (χ0v) is 15.0. The van der Waals surface area contributed by atoms with E-state index in [0.717, 1.165) is 16.6 Å². The third-order valence-corrected chi connectivity index (χ3v) is 3.87. The molecule has 0 saturated heterocycles. The zero-order chi connectivity index (χ0) is 16.8. The zero-order valence-electron chi connectivity index (χ0n) is 11.9. The van der Waals surface area contributed by atoms with E-state index in [1.165, 1.54) is 0 Å². The smallest absolute Gasteiger partial charge is 0.196 e.